The Hall–Kier alpha value is -0.880. The largest absolute Gasteiger partial charge is 0.496 e. The van der Waals surface area contributed by atoms with E-state index in [1.54, 1.807) is 21.3 Å². The second-order valence-corrected chi connectivity index (χ2v) is 6.01. The molecule has 1 aromatic carbocycles. The standard InChI is InChI=1S/C17H26N2O3.2ClH/c1-20-13-10-14(21-2)16(15(11-13)22-3)17(12-4-5-12)19-8-6-18-7-9-19;;/h10-12,17-18H,4-9H2,1-3H3;2*1H/t17-;;/m1../s1. The monoisotopic (exact) mass is 378 g/mol. The van der Waals surface area contributed by atoms with E-state index < -0.39 is 0 Å². The lowest BCUT2D eigenvalue weighted by Crippen LogP contribution is -2.45. The lowest BCUT2D eigenvalue weighted by Gasteiger charge is -2.36. The van der Waals surface area contributed by atoms with Crippen LogP contribution in [0.4, 0.5) is 0 Å². The molecule has 1 N–H and O–H groups in total. The molecule has 0 amide bonds. The van der Waals surface area contributed by atoms with Gasteiger partial charge in [-0.15, -0.1) is 24.8 Å². The number of rotatable bonds is 6. The molecular formula is C17H28Cl2N2O3. The van der Waals surface area contributed by atoms with Gasteiger partial charge in [-0.05, 0) is 18.8 Å². The van der Waals surface area contributed by atoms with Gasteiger partial charge < -0.3 is 19.5 Å². The Labute approximate surface area is 156 Å². The number of nitrogens with one attached hydrogen (secondary N) is 1. The topological polar surface area (TPSA) is 43.0 Å². The third-order valence-electron chi connectivity index (χ3n) is 4.66. The highest BCUT2D eigenvalue weighted by atomic mass is 35.5. The van der Waals surface area contributed by atoms with E-state index in [4.69, 9.17) is 14.2 Å². The van der Waals surface area contributed by atoms with Gasteiger partial charge in [0.25, 0.3) is 0 Å². The summed E-state index contributed by atoms with van der Waals surface area (Å²) in [5, 5.41) is 3.43. The number of hydrogen-bond donors (Lipinski definition) is 1. The van der Waals surface area contributed by atoms with E-state index in [0.29, 0.717) is 12.0 Å². The van der Waals surface area contributed by atoms with Crippen LogP contribution >= 0.6 is 24.8 Å². The summed E-state index contributed by atoms with van der Waals surface area (Å²) >= 11 is 0. The summed E-state index contributed by atoms with van der Waals surface area (Å²) in [6.07, 6.45) is 2.57. The van der Waals surface area contributed by atoms with E-state index in [2.05, 4.69) is 10.2 Å². The van der Waals surface area contributed by atoms with Crippen molar-refractivity contribution in [3.8, 4) is 17.2 Å². The van der Waals surface area contributed by atoms with E-state index in [1.165, 1.54) is 18.4 Å². The summed E-state index contributed by atoms with van der Waals surface area (Å²) in [7, 11) is 5.11. The Bertz CT molecular complexity index is 496. The minimum atomic E-state index is 0. The second-order valence-electron chi connectivity index (χ2n) is 6.01. The fourth-order valence-electron chi connectivity index (χ4n) is 3.41. The van der Waals surface area contributed by atoms with Crippen molar-refractivity contribution in [1.29, 1.82) is 0 Å². The molecule has 1 aromatic rings. The summed E-state index contributed by atoms with van der Waals surface area (Å²) in [6.45, 7) is 4.23. The lowest BCUT2D eigenvalue weighted by atomic mass is 9.97. The quantitative estimate of drug-likeness (QED) is 0.824. The summed E-state index contributed by atoms with van der Waals surface area (Å²) in [4.78, 5) is 2.57. The number of methoxy groups -OCH3 is 3. The normalized spacial score (nSPS) is 18.8. The van der Waals surface area contributed by atoms with Crippen LogP contribution in [0.1, 0.15) is 24.4 Å². The molecule has 0 unspecified atom stereocenters. The van der Waals surface area contributed by atoms with Crippen LogP contribution in [0.3, 0.4) is 0 Å². The molecule has 1 saturated heterocycles. The van der Waals surface area contributed by atoms with Crippen molar-refractivity contribution in [1.82, 2.24) is 10.2 Å². The molecule has 0 spiro atoms. The third kappa shape index (κ3) is 4.39. The molecule has 7 heteroatoms. The van der Waals surface area contributed by atoms with Gasteiger partial charge in [-0.3, -0.25) is 4.90 Å². The Morgan fingerprint density at radius 3 is 1.92 bits per heavy atom. The fraction of sp³-hybridized carbons (Fsp3) is 0.647. The Morgan fingerprint density at radius 2 is 1.50 bits per heavy atom. The van der Waals surface area contributed by atoms with Crippen LogP contribution in [0.15, 0.2) is 12.1 Å². The van der Waals surface area contributed by atoms with Gasteiger partial charge in [0.2, 0.25) is 0 Å². The van der Waals surface area contributed by atoms with Gasteiger partial charge in [0.1, 0.15) is 17.2 Å². The van der Waals surface area contributed by atoms with Crippen molar-refractivity contribution in [2.75, 3.05) is 47.5 Å². The van der Waals surface area contributed by atoms with Crippen molar-refractivity contribution in [2.24, 2.45) is 5.92 Å². The highest BCUT2D eigenvalue weighted by Gasteiger charge is 2.40. The summed E-state index contributed by atoms with van der Waals surface area (Å²) < 4.78 is 16.7. The molecule has 138 valence electrons. The molecule has 3 rings (SSSR count). The minimum Gasteiger partial charge on any atom is -0.496 e. The maximum Gasteiger partial charge on any atom is 0.131 e. The second kappa shape index (κ2) is 9.56. The molecule has 0 aromatic heterocycles. The molecular weight excluding hydrogens is 351 g/mol. The van der Waals surface area contributed by atoms with Crippen molar-refractivity contribution in [3.63, 3.8) is 0 Å². The first-order valence-corrected chi connectivity index (χ1v) is 8.03. The van der Waals surface area contributed by atoms with E-state index in [-0.39, 0.29) is 24.8 Å². The van der Waals surface area contributed by atoms with Crippen molar-refractivity contribution in [3.05, 3.63) is 17.7 Å². The van der Waals surface area contributed by atoms with Gasteiger partial charge in [0.05, 0.1) is 26.9 Å². The van der Waals surface area contributed by atoms with Crippen LogP contribution in [0.5, 0.6) is 17.2 Å². The van der Waals surface area contributed by atoms with Crippen LogP contribution in [-0.2, 0) is 0 Å². The molecule has 1 heterocycles. The van der Waals surface area contributed by atoms with Crippen molar-refractivity contribution < 1.29 is 14.2 Å². The maximum absolute atomic E-state index is 5.68. The van der Waals surface area contributed by atoms with Crippen molar-refractivity contribution in [2.45, 2.75) is 18.9 Å². The van der Waals surface area contributed by atoms with E-state index in [0.717, 1.165) is 43.4 Å². The molecule has 0 radical (unpaired) electrons. The third-order valence-corrected chi connectivity index (χ3v) is 4.66. The Balaban J connectivity index is 0.00000144. The van der Waals surface area contributed by atoms with Crippen LogP contribution < -0.4 is 19.5 Å². The first kappa shape index (κ1) is 21.2. The van der Waals surface area contributed by atoms with E-state index in [1.807, 2.05) is 12.1 Å². The lowest BCUT2D eigenvalue weighted by molar-refractivity contribution is 0.150. The van der Waals surface area contributed by atoms with Gasteiger partial charge in [-0.2, -0.15) is 0 Å². The Morgan fingerprint density at radius 1 is 0.958 bits per heavy atom. The maximum atomic E-state index is 5.68. The SMILES string of the molecule is COc1cc(OC)c([C@@H](C2CC2)N2CCNCC2)c(OC)c1.Cl.Cl. The highest BCUT2D eigenvalue weighted by molar-refractivity contribution is 5.85. The zero-order valence-electron chi connectivity index (χ0n) is 14.5. The van der Waals surface area contributed by atoms with Gasteiger partial charge in [0, 0.05) is 44.4 Å². The summed E-state index contributed by atoms with van der Waals surface area (Å²) in [6, 6.07) is 4.31. The molecule has 5 nitrogen and oxygen atoms in total. The fourth-order valence-corrected chi connectivity index (χ4v) is 3.41. The smallest absolute Gasteiger partial charge is 0.131 e. The van der Waals surface area contributed by atoms with Gasteiger partial charge in [-0.25, -0.2) is 0 Å². The molecule has 2 fully saturated rings. The number of benzene rings is 1. The number of piperazine rings is 1. The first-order chi connectivity index (χ1) is 10.8. The zero-order valence-corrected chi connectivity index (χ0v) is 16.2. The van der Waals surface area contributed by atoms with Crippen LogP contribution in [0.25, 0.3) is 0 Å². The van der Waals surface area contributed by atoms with Crippen LogP contribution in [0.2, 0.25) is 0 Å². The molecule has 24 heavy (non-hydrogen) atoms. The Kier molecular flexibility index (Phi) is 8.43. The summed E-state index contributed by atoms with van der Waals surface area (Å²) in [5.41, 5.74) is 1.18. The van der Waals surface area contributed by atoms with Gasteiger partial charge in [-0.1, -0.05) is 0 Å². The molecule has 1 saturated carbocycles. The van der Waals surface area contributed by atoms with Crippen molar-refractivity contribution >= 4 is 24.8 Å². The average molecular weight is 379 g/mol. The first-order valence-electron chi connectivity index (χ1n) is 8.03. The summed E-state index contributed by atoms with van der Waals surface area (Å²) in [5.74, 6) is 3.21. The predicted molar refractivity (Wildman–Crippen MR) is 101 cm³/mol. The molecule has 1 aliphatic carbocycles. The highest BCUT2D eigenvalue weighted by Crippen LogP contribution is 2.51. The predicted octanol–water partition coefficient (Wildman–Crippen LogP) is 2.91. The minimum absolute atomic E-state index is 0. The molecule has 0 bridgehead atoms. The molecule has 1 atom stereocenters. The number of nitrogens with zero attached hydrogens (tertiary/aromatic N) is 1. The molecule has 1 aliphatic heterocycles. The number of ether oxygens (including phenoxy) is 3. The number of halogens is 2. The van der Waals surface area contributed by atoms with Crippen LogP contribution in [-0.4, -0.2) is 52.4 Å². The van der Waals surface area contributed by atoms with Gasteiger partial charge in [0.15, 0.2) is 0 Å². The van der Waals surface area contributed by atoms with Crippen LogP contribution in [0, 0.1) is 5.92 Å². The van der Waals surface area contributed by atoms with Gasteiger partial charge >= 0.3 is 0 Å². The number of hydrogen-bond acceptors (Lipinski definition) is 5. The van der Waals surface area contributed by atoms with E-state index in [9.17, 15) is 0 Å². The van der Waals surface area contributed by atoms with E-state index >= 15 is 0 Å². The average Bonchev–Trinajstić information content (AvgIpc) is 3.40. The zero-order chi connectivity index (χ0) is 15.5. The molecule has 2 aliphatic rings.